The third kappa shape index (κ3) is 3.53. The van der Waals surface area contributed by atoms with Crippen LogP contribution in [0.15, 0.2) is 66.7 Å². The van der Waals surface area contributed by atoms with Crippen LogP contribution in [0.25, 0.3) is 5.57 Å². The quantitative estimate of drug-likeness (QED) is 0.577. The van der Waals surface area contributed by atoms with E-state index in [9.17, 15) is 19.8 Å². The minimum absolute atomic E-state index is 0.0743. The van der Waals surface area contributed by atoms with Gasteiger partial charge in [-0.2, -0.15) is 0 Å². The fourth-order valence-electron chi connectivity index (χ4n) is 3.14. The van der Waals surface area contributed by atoms with Crippen LogP contribution in [0.4, 0.5) is 0 Å². The molecule has 1 atom stereocenters. The van der Waals surface area contributed by atoms with Gasteiger partial charge < -0.3 is 0 Å². The Labute approximate surface area is 152 Å². The Bertz CT molecular complexity index is 785. The molecule has 1 unspecified atom stereocenters. The summed E-state index contributed by atoms with van der Waals surface area (Å²) >= 11 is 0.160. The van der Waals surface area contributed by atoms with Gasteiger partial charge >= 0.3 is 152 Å². The van der Waals surface area contributed by atoms with Gasteiger partial charge in [0.25, 0.3) is 0 Å². The summed E-state index contributed by atoms with van der Waals surface area (Å²) in [5, 5.41) is 19.9. The zero-order chi connectivity index (χ0) is 17.9. The van der Waals surface area contributed by atoms with E-state index in [1.54, 1.807) is 0 Å². The van der Waals surface area contributed by atoms with E-state index >= 15 is 0 Å². The van der Waals surface area contributed by atoms with Crippen LogP contribution in [0.5, 0.6) is 0 Å². The summed E-state index contributed by atoms with van der Waals surface area (Å²) in [7, 11) is 0. The summed E-state index contributed by atoms with van der Waals surface area (Å²) in [6.07, 6.45) is 1.56. The number of carbonyl (C=O) groups is 2. The van der Waals surface area contributed by atoms with Crippen molar-refractivity contribution >= 4 is 36.9 Å². The van der Waals surface area contributed by atoms with Gasteiger partial charge in [0.15, 0.2) is 0 Å². The number of carboxylic acids is 2. The van der Waals surface area contributed by atoms with Gasteiger partial charge in [0.05, 0.1) is 0 Å². The Morgan fingerprint density at radius 2 is 1.52 bits per heavy atom. The van der Waals surface area contributed by atoms with Crippen molar-refractivity contribution in [2.45, 2.75) is 11.7 Å². The number of hydrogen-bond acceptors (Lipinski definition) is 2. The second kappa shape index (κ2) is 7.26. The Balaban J connectivity index is 1.92. The van der Waals surface area contributed by atoms with Crippen LogP contribution in [0.3, 0.4) is 0 Å². The first-order valence-corrected chi connectivity index (χ1v) is 10.0. The van der Waals surface area contributed by atoms with Gasteiger partial charge in [-0.3, -0.25) is 0 Å². The van der Waals surface area contributed by atoms with Crippen molar-refractivity contribution in [2.75, 3.05) is 0 Å². The number of aliphatic carboxylic acids is 2. The van der Waals surface area contributed by atoms with Crippen LogP contribution in [0.2, 0.25) is 5.32 Å². The summed E-state index contributed by atoms with van der Waals surface area (Å²) in [5.41, 5.74) is -0.0910. The molecular formula is C20H18O4Se. The first-order valence-electron chi connectivity index (χ1n) is 7.96. The summed E-state index contributed by atoms with van der Waals surface area (Å²) in [4.78, 5) is 23.5. The summed E-state index contributed by atoms with van der Waals surface area (Å²) in [6, 6.07) is 19.5. The van der Waals surface area contributed by atoms with Gasteiger partial charge in [-0.05, 0) is 0 Å². The molecule has 0 heterocycles. The molecule has 0 aliphatic heterocycles. The Morgan fingerprint density at radius 3 is 2.08 bits per heavy atom. The Hall–Kier alpha value is -2.36. The first kappa shape index (κ1) is 17.5. The fraction of sp³-hybridized carbons (Fsp3) is 0.200. The molecule has 0 aromatic heterocycles. The maximum absolute atomic E-state index is 11.7. The molecule has 0 saturated heterocycles. The molecule has 2 aromatic carbocycles. The van der Waals surface area contributed by atoms with E-state index in [4.69, 9.17) is 0 Å². The molecule has 1 aliphatic rings. The van der Waals surface area contributed by atoms with Crippen LogP contribution in [0, 0.1) is 11.3 Å². The van der Waals surface area contributed by atoms with Gasteiger partial charge in [-0.25, -0.2) is 0 Å². The molecule has 128 valence electrons. The number of carboxylic acid groups (broad SMARTS) is 2. The Morgan fingerprint density at radius 1 is 0.960 bits per heavy atom. The molecule has 1 aliphatic carbocycles. The molecule has 0 spiro atoms. The van der Waals surface area contributed by atoms with Gasteiger partial charge in [-0.15, -0.1) is 0 Å². The average molecular weight is 401 g/mol. The zero-order valence-electron chi connectivity index (χ0n) is 13.5. The summed E-state index contributed by atoms with van der Waals surface area (Å²) in [5.74, 6) is -2.65. The topological polar surface area (TPSA) is 74.6 Å². The molecule has 2 aromatic rings. The first-order chi connectivity index (χ1) is 12.0. The van der Waals surface area contributed by atoms with Crippen LogP contribution in [-0.4, -0.2) is 37.1 Å². The van der Waals surface area contributed by atoms with Crippen LogP contribution < -0.4 is 4.46 Å². The van der Waals surface area contributed by atoms with Gasteiger partial charge in [-0.1, -0.05) is 0 Å². The Kier molecular flexibility index (Phi) is 5.07. The fourth-order valence-corrected chi connectivity index (χ4v) is 5.33. The van der Waals surface area contributed by atoms with Crippen molar-refractivity contribution in [1.82, 2.24) is 0 Å². The predicted octanol–water partition coefficient (Wildman–Crippen LogP) is 2.69. The number of hydrogen-bond donors (Lipinski definition) is 2. The van der Waals surface area contributed by atoms with Crippen molar-refractivity contribution in [3.63, 3.8) is 0 Å². The van der Waals surface area contributed by atoms with Crippen LogP contribution >= 0.6 is 0 Å². The van der Waals surface area contributed by atoms with E-state index < -0.39 is 17.4 Å². The maximum atomic E-state index is 11.7. The normalized spacial score (nSPS) is 18.6. The van der Waals surface area contributed by atoms with Crippen molar-refractivity contribution in [2.24, 2.45) is 11.3 Å². The molecule has 4 nitrogen and oxygen atoms in total. The van der Waals surface area contributed by atoms with Crippen molar-refractivity contribution in [3.05, 3.63) is 72.3 Å². The molecule has 0 fully saturated rings. The second-order valence-corrected chi connectivity index (χ2v) is 8.37. The van der Waals surface area contributed by atoms with Crippen molar-refractivity contribution < 1.29 is 19.8 Å². The second-order valence-electron chi connectivity index (χ2n) is 6.07. The average Bonchev–Trinajstić information content (AvgIpc) is 3.03. The number of benzene rings is 2. The zero-order valence-corrected chi connectivity index (χ0v) is 15.2. The number of allylic oxidation sites excluding steroid dienone is 1. The van der Waals surface area contributed by atoms with Crippen molar-refractivity contribution in [3.8, 4) is 0 Å². The van der Waals surface area contributed by atoms with E-state index in [1.165, 1.54) is 10.5 Å². The molecule has 5 heteroatoms. The molecular weight excluding hydrogens is 383 g/mol. The van der Waals surface area contributed by atoms with Gasteiger partial charge in [0.2, 0.25) is 0 Å². The molecule has 0 radical (unpaired) electrons. The molecule has 0 amide bonds. The standard InChI is InChI=1S/C20H18O4Se/c21-18(22)20(19(23)24)11-15(13-25-16-9-5-2-6-10-16)17(12-20)14-7-3-1-4-8-14/h1-10,12,15H,11,13H2,(H,21,22)(H,23,24). The molecule has 25 heavy (non-hydrogen) atoms. The molecule has 0 saturated carbocycles. The van der Waals surface area contributed by atoms with E-state index in [1.807, 2.05) is 48.5 Å². The third-order valence-corrected chi connectivity index (χ3v) is 6.94. The van der Waals surface area contributed by atoms with Crippen LogP contribution in [-0.2, 0) is 9.59 Å². The van der Waals surface area contributed by atoms with E-state index in [-0.39, 0.29) is 27.3 Å². The van der Waals surface area contributed by atoms with E-state index in [0.29, 0.717) is 0 Å². The monoisotopic (exact) mass is 402 g/mol. The number of rotatable bonds is 6. The molecule has 2 N–H and O–H groups in total. The van der Waals surface area contributed by atoms with Gasteiger partial charge in [0.1, 0.15) is 0 Å². The SMILES string of the molecule is O=C(O)C1(C(=O)O)C=C(c2ccccc2)C(C[Se]c2ccccc2)C1. The molecule has 0 bridgehead atoms. The van der Waals surface area contributed by atoms with E-state index in [2.05, 4.69) is 12.1 Å². The minimum atomic E-state index is -1.83. The van der Waals surface area contributed by atoms with Crippen molar-refractivity contribution in [1.29, 1.82) is 0 Å². The third-order valence-electron chi connectivity index (χ3n) is 4.47. The summed E-state index contributed by atoms with van der Waals surface area (Å²) in [6.45, 7) is 0. The van der Waals surface area contributed by atoms with Gasteiger partial charge in [0, 0.05) is 0 Å². The van der Waals surface area contributed by atoms with E-state index in [0.717, 1.165) is 16.5 Å². The summed E-state index contributed by atoms with van der Waals surface area (Å²) < 4.78 is 1.23. The molecule has 3 rings (SSSR count). The van der Waals surface area contributed by atoms with Crippen LogP contribution in [0.1, 0.15) is 12.0 Å². The predicted molar refractivity (Wildman–Crippen MR) is 96.9 cm³/mol.